The number of hydrogen-bond donors (Lipinski definition) is 1. The highest BCUT2D eigenvalue weighted by Crippen LogP contribution is 2.16. The van der Waals surface area contributed by atoms with Crippen LogP contribution >= 0.6 is 0 Å². The predicted octanol–water partition coefficient (Wildman–Crippen LogP) is 2.27. The zero-order valence-corrected chi connectivity index (χ0v) is 9.26. The van der Waals surface area contributed by atoms with Crippen LogP contribution in [-0.4, -0.2) is 26.4 Å². The SMILES string of the molecule is COCCONC1CCCCCCC1. The molecule has 0 bridgehead atoms. The molecule has 1 saturated carbocycles. The molecule has 1 aliphatic rings. The first-order chi connectivity index (χ1) is 6.93. The Morgan fingerprint density at radius 3 is 2.29 bits per heavy atom. The first-order valence-corrected chi connectivity index (χ1v) is 5.79. The van der Waals surface area contributed by atoms with E-state index in [1.165, 1.54) is 44.9 Å². The van der Waals surface area contributed by atoms with Gasteiger partial charge >= 0.3 is 0 Å². The topological polar surface area (TPSA) is 30.5 Å². The van der Waals surface area contributed by atoms with Gasteiger partial charge in [0.05, 0.1) is 13.2 Å². The van der Waals surface area contributed by atoms with Crippen LogP contribution in [0.15, 0.2) is 0 Å². The first-order valence-electron chi connectivity index (χ1n) is 5.79. The molecule has 0 aliphatic heterocycles. The van der Waals surface area contributed by atoms with Crippen LogP contribution in [0, 0.1) is 0 Å². The number of nitrogens with one attached hydrogen (secondary N) is 1. The molecule has 1 fully saturated rings. The standard InChI is InChI=1S/C11H23NO2/c1-13-9-10-14-12-11-7-5-3-2-4-6-8-11/h11-12H,2-10H2,1H3. The van der Waals surface area contributed by atoms with E-state index >= 15 is 0 Å². The molecule has 0 atom stereocenters. The number of hydrogen-bond acceptors (Lipinski definition) is 3. The van der Waals surface area contributed by atoms with Gasteiger partial charge in [0.25, 0.3) is 0 Å². The Morgan fingerprint density at radius 1 is 1.00 bits per heavy atom. The fourth-order valence-electron chi connectivity index (χ4n) is 1.88. The predicted molar refractivity (Wildman–Crippen MR) is 57.1 cm³/mol. The molecule has 1 N–H and O–H groups in total. The Bertz CT molecular complexity index is 122. The zero-order valence-electron chi connectivity index (χ0n) is 9.26. The summed E-state index contributed by atoms with van der Waals surface area (Å²) in [4.78, 5) is 5.33. The lowest BCUT2D eigenvalue weighted by molar-refractivity contribution is -0.0162. The smallest absolute Gasteiger partial charge is 0.0915 e. The minimum atomic E-state index is 0.562. The van der Waals surface area contributed by atoms with Crippen LogP contribution in [0.5, 0.6) is 0 Å². The first kappa shape index (κ1) is 12.0. The summed E-state index contributed by atoms with van der Waals surface area (Å²) in [5.74, 6) is 0. The average Bonchev–Trinajstić information content (AvgIpc) is 2.15. The highest BCUT2D eigenvalue weighted by atomic mass is 16.7. The molecule has 0 aromatic carbocycles. The second kappa shape index (κ2) is 8.21. The van der Waals surface area contributed by atoms with Gasteiger partial charge in [-0.2, -0.15) is 5.48 Å². The maximum atomic E-state index is 5.33. The molecule has 0 saturated heterocycles. The molecule has 3 heteroatoms. The van der Waals surface area contributed by atoms with Gasteiger partial charge in [0, 0.05) is 13.2 Å². The van der Waals surface area contributed by atoms with Crippen molar-refractivity contribution in [3.8, 4) is 0 Å². The Morgan fingerprint density at radius 2 is 1.64 bits per heavy atom. The van der Waals surface area contributed by atoms with Crippen LogP contribution in [0.2, 0.25) is 0 Å². The third-order valence-electron chi connectivity index (χ3n) is 2.74. The van der Waals surface area contributed by atoms with Crippen LogP contribution in [0.25, 0.3) is 0 Å². The van der Waals surface area contributed by atoms with Crippen LogP contribution in [-0.2, 0) is 9.57 Å². The lowest BCUT2D eigenvalue weighted by Crippen LogP contribution is -2.31. The molecule has 0 radical (unpaired) electrons. The normalized spacial score (nSPS) is 20.4. The van der Waals surface area contributed by atoms with Crippen LogP contribution in [0.4, 0.5) is 0 Å². The molecule has 0 spiro atoms. The molecule has 0 amide bonds. The van der Waals surface area contributed by atoms with Crippen molar-refractivity contribution in [1.29, 1.82) is 0 Å². The van der Waals surface area contributed by atoms with E-state index < -0.39 is 0 Å². The second-order valence-corrected chi connectivity index (χ2v) is 4.00. The highest BCUT2D eigenvalue weighted by molar-refractivity contribution is 4.65. The third kappa shape index (κ3) is 5.58. The van der Waals surface area contributed by atoms with Crippen molar-refractivity contribution in [2.75, 3.05) is 20.3 Å². The van der Waals surface area contributed by atoms with E-state index in [2.05, 4.69) is 5.48 Å². The summed E-state index contributed by atoms with van der Waals surface area (Å²) in [5, 5.41) is 0. The van der Waals surface area contributed by atoms with E-state index in [1.54, 1.807) is 7.11 Å². The Kier molecular flexibility index (Phi) is 7.01. The Labute approximate surface area is 87.1 Å². The van der Waals surface area contributed by atoms with Crippen molar-refractivity contribution < 1.29 is 9.57 Å². The van der Waals surface area contributed by atoms with Gasteiger partial charge in [-0.05, 0) is 12.8 Å². The quantitative estimate of drug-likeness (QED) is 0.547. The van der Waals surface area contributed by atoms with Gasteiger partial charge in [0.2, 0.25) is 0 Å². The van der Waals surface area contributed by atoms with E-state index in [-0.39, 0.29) is 0 Å². The van der Waals surface area contributed by atoms with Crippen molar-refractivity contribution in [3.05, 3.63) is 0 Å². The number of hydroxylamine groups is 1. The third-order valence-corrected chi connectivity index (χ3v) is 2.74. The minimum absolute atomic E-state index is 0.562. The lowest BCUT2D eigenvalue weighted by Gasteiger charge is -2.20. The van der Waals surface area contributed by atoms with Gasteiger partial charge in [-0.25, -0.2) is 0 Å². The second-order valence-electron chi connectivity index (χ2n) is 4.00. The summed E-state index contributed by atoms with van der Waals surface area (Å²) < 4.78 is 4.91. The molecule has 1 aliphatic carbocycles. The zero-order chi connectivity index (χ0) is 10.1. The van der Waals surface area contributed by atoms with Crippen LogP contribution in [0.3, 0.4) is 0 Å². The maximum Gasteiger partial charge on any atom is 0.0915 e. The Balaban J connectivity index is 2.02. The van der Waals surface area contributed by atoms with E-state index in [1.807, 2.05) is 0 Å². The largest absolute Gasteiger partial charge is 0.382 e. The molecule has 0 aromatic heterocycles. The highest BCUT2D eigenvalue weighted by Gasteiger charge is 2.10. The van der Waals surface area contributed by atoms with E-state index in [0.29, 0.717) is 19.3 Å². The number of ether oxygens (including phenoxy) is 1. The number of rotatable bonds is 5. The van der Waals surface area contributed by atoms with Crippen LogP contribution < -0.4 is 5.48 Å². The summed E-state index contributed by atoms with van der Waals surface area (Å²) in [6.07, 6.45) is 9.38. The van der Waals surface area contributed by atoms with Gasteiger partial charge in [0.1, 0.15) is 0 Å². The summed E-state index contributed by atoms with van der Waals surface area (Å²) in [5.41, 5.74) is 3.14. The Hall–Kier alpha value is -0.120. The molecule has 1 rings (SSSR count). The molecule has 0 unspecified atom stereocenters. The molecule has 84 valence electrons. The number of methoxy groups -OCH3 is 1. The molecule has 3 nitrogen and oxygen atoms in total. The fourth-order valence-corrected chi connectivity index (χ4v) is 1.88. The summed E-state index contributed by atoms with van der Waals surface area (Å²) in [6, 6.07) is 0.562. The van der Waals surface area contributed by atoms with Gasteiger partial charge in [0.15, 0.2) is 0 Å². The van der Waals surface area contributed by atoms with Gasteiger partial charge < -0.3 is 4.74 Å². The van der Waals surface area contributed by atoms with Crippen LogP contribution in [0.1, 0.15) is 44.9 Å². The van der Waals surface area contributed by atoms with E-state index in [9.17, 15) is 0 Å². The van der Waals surface area contributed by atoms with Crippen molar-refractivity contribution in [3.63, 3.8) is 0 Å². The molecular weight excluding hydrogens is 178 g/mol. The summed E-state index contributed by atoms with van der Waals surface area (Å²) >= 11 is 0. The van der Waals surface area contributed by atoms with Gasteiger partial charge in [-0.15, -0.1) is 0 Å². The molecular formula is C11H23NO2. The van der Waals surface area contributed by atoms with Crippen molar-refractivity contribution >= 4 is 0 Å². The fraction of sp³-hybridized carbons (Fsp3) is 1.00. The van der Waals surface area contributed by atoms with Crippen molar-refractivity contribution in [2.45, 2.75) is 51.0 Å². The molecule has 14 heavy (non-hydrogen) atoms. The molecule has 0 aromatic rings. The van der Waals surface area contributed by atoms with E-state index in [4.69, 9.17) is 9.57 Å². The lowest BCUT2D eigenvalue weighted by atomic mass is 9.97. The summed E-state index contributed by atoms with van der Waals surface area (Å²) in [6.45, 7) is 1.31. The van der Waals surface area contributed by atoms with E-state index in [0.717, 1.165) is 0 Å². The maximum absolute atomic E-state index is 5.33. The average molecular weight is 201 g/mol. The van der Waals surface area contributed by atoms with Gasteiger partial charge in [-0.1, -0.05) is 32.1 Å². The molecule has 0 heterocycles. The minimum Gasteiger partial charge on any atom is -0.382 e. The van der Waals surface area contributed by atoms with Gasteiger partial charge in [-0.3, -0.25) is 4.84 Å². The summed E-state index contributed by atoms with van der Waals surface area (Å²) in [7, 11) is 1.69. The van der Waals surface area contributed by atoms with Crippen molar-refractivity contribution in [2.24, 2.45) is 0 Å². The van der Waals surface area contributed by atoms with Crippen molar-refractivity contribution in [1.82, 2.24) is 5.48 Å². The monoisotopic (exact) mass is 201 g/mol.